The molecule has 0 aliphatic carbocycles. The van der Waals surface area contributed by atoms with E-state index >= 15 is 0 Å². The molecule has 0 spiro atoms. The van der Waals surface area contributed by atoms with Crippen LogP contribution in [0.4, 0.5) is 0 Å². The van der Waals surface area contributed by atoms with Crippen LogP contribution in [0.3, 0.4) is 0 Å². The standard InChI is InChI=1S/C24H42S.C9H16/c1-19(2)11-9-12-22(7)13-10-14-23(8)15-16-25-18-24(21(5)6)17-20(3)4;1-5-9(4)7-6-8(2)3/h11,13,15,20,24H,5,9-10,12,14,16-18H2,1-4,6-8H3;2,4-7H2,1,3H3/b22-13+,23-15+;. The Bertz CT molecular complexity index is 665. The Balaban J connectivity index is 0. The average molecular weight is 487 g/mol. The zero-order chi connectivity index (χ0) is 26.5. The summed E-state index contributed by atoms with van der Waals surface area (Å²) in [5.74, 6) is 3.77. The predicted octanol–water partition coefficient (Wildman–Crippen LogP) is 11.7. The van der Waals surface area contributed by atoms with Crippen LogP contribution in [0.2, 0.25) is 0 Å². The van der Waals surface area contributed by atoms with E-state index in [0.29, 0.717) is 5.92 Å². The number of rotatable bonds is 17. The van der Waals surface area contributed by atoms with Crippen molar-refractivity contribution in [1.29, 1.82) is 0 Å². The van der Waals surface area contributed by atoms with Gasteiger partial charge in [0.1, 0.15) is 0 Å². The predicted molar refractivity (Wildman–Crippen MR) is 164 cm³/mol. The molecule has 0 aliphatic heterocycles. The zero-order valence-corrected chi connectivity index (χ0v) is 25.3. The van der Waals surface area contributed by atoms with Crippen molar-refractivity contribution in [3.8, 4) is 0 Å². The van der Waals surface area contributed by atoms with Crippen LogP contribution in [-0.4, -0.2) is 11.5 Å². The highest BCUT2D eigenvalue weighted by Crippen LogP contribution is 2.23. The van der Waals surface area contributed by atoms with Gasteiger partial charge in [-0.1, -0.05) is 85.6 Å². The normalized spacial score (nSPS) is 12.6. The van der Waals surface area contributed by atoms with Crippen LogP contribution >= 0.6 is 11.8 Å². The Morgan fingerprint density at radius 2 is 1.32 bits per heavy atom. The smallest absolute Gasteiger partial charge is 0.0116 e. The SMILES string of the molecule is C=C(C)C(CSC/C=C(\C)CC/C=C(\C)CCC=C(C)C)CC(C)C.C=C(C)CCC(=C)CC. The summed E-state index contributed by atoms with van der Waals surface area (Å²) in [4.78, 5) is 0. The summed E-state index contributed by atoms with van der Waals surface area (Å²) in [7, 11) is 0. The van der Waals surface area contributed by atoms with E-state index in [-0.39, 0.29) is 0 Å². The summed E-state index contributed by atoms with van der Waals surface area (Å²) in [5, 5.41) is 0. The molecule has 0 saturated carbocycles. The first-order valence-electron chi connectivity index (χ1n) is 13.4. The van der Waals surface area contributed by atoms with Crippen molar-refractivity contribution in [3.05, 3.63) is 71.4 Å². The van der Waals surface area contributed by atoms with Crippen LogP contribution in [0.1, 0.15) is 114 Å². The van der Waals surface area contributed by atoms with E-state index in [9.17, 15) is 0 Å². The van der Waals surface area contributed by atoms with Gasteiger partial charge in [0, 0.05) is 11.5 Å². The molecule has 0 aromatic rings. The van der Waals surface area contributed by atoms with Crippen molar-refractivity contribution in [3.63, 3.8) is 0 Å². The van der Waals surface area contributed by atoms with Gasteiger partial charge in [-0.3, -0.25) is 0 Å². The van der Waals surface area contributed by atoms with E-state index in [1.165, 1.54) is 71.3 Å². The van der Waals surface area contributed by atoms with E-state index in [1.54, 1.807) is 0 Å². The first kappa shape index (κ1) is 35.0. The van der Waals surface area contributed by atoms with Crippen LogP contribution in [0.15, 0.2) is 71.4 Å². The molecule has 196 valence electrons. The van der Waals surface area contributed by atoms with Crippen molar-refractivity contribution in [2.24, 2.45) is 11.8 Å². The van der Waals surface area contributed by atoms with Gasteiger partial charge in [-0.15, -0.1) is 6.58 Å². The number of hydrogen-bond acceptors (Lipinski definition) is 1. The third-order valence-corrected chi connectivity index (χ3v) is 6.89. The summed E-state index contributed by atoms with van der Waals surface area (Å²) in [5.41, 5.74) is 8.40. The largest absolute Gasteiger partial charge is 0.157 e. The van der Waals surface area contributed by atoms with Gasteiger partial charge in [-0.2, -0.15) is 11.8 Å². The number of allylic oxidation sites excluding steroid dienone is 8. The minimum absolute atomic E-state index is 0.671. The zero-order valence-electron chi connectivity index (χ0n) is 24.5. The lowest BCUT2D eigenvalue weighted by atomic mass is 9.93. The molecule has 0 radical (unpaired) electrons. The molecule has 0 rings (SSSR count). The third-order valence-electron chi connectivity index (χ3n) is 5.85. The van der Waals surface area contributed by atoms with Crippen molar-refractivity contribution in [2.45, 2.75) is 114 Å². The molecule has 0 bridgehead atoms. The Kier molecular flexibility index (Phi) is 22.9. The molecule has 1 atom stereocenters. The summed E-state index contributed by atoms with van der Waals surface area (Å²) in [6, 6.07) is 0. The molecule has 1 unspecified atom stereocenters. The number of hydrogen-bond donors (Lipinski definition) is 0. The van der Waals surface area contributed by atoms with E-state index < -0.39 is 0 Å². The highest BCUT2D eigenvalue weighted by atomic mass is 32.2. The maximum atomic E-state index is 4.17. The van der Waals surface area contributed by atoms with Crippen LogP contribution in [0, 0.1) is 11.8 Å². The van der Waals surface area contributed by atoms with Gasteiger partial charge in [0.2, 0.25) is 0 Å². The quantitative estimate of drug-likeness (QED) is 0.145. The van der Waals surface area contributed by atoms with Crippen molar-refractivity contribution >= 4 is 11.8 Å². The summed E-state index contributed by atoms with van der Waals surface area (Å²) < 4.78 is 0. The Morgan fingerprint density at radius 1 is 0.765 bits per heavy atom. The molecule has 0 aliphatic rings. The van der Waals surface area contributed by atoms with Crippen LogP contribution in [-0.2, 0) is 0 Å². The van der Waals surface area contributed by atoms with Gasteiger partial charge >= 0.3 is 0 Å². The number of thioether (sulfide) groups is 1. The second-order valence-electron chi connectivity index (χ2n) is 10.7. The van der Waals surface area contributed by atoms with Gasteiger partial charge in [0.25, 0.3) is 0 Å². The maximum absolute atomic E-state index is 4.17. The maximum Gasteiger partial charge on any atom is 0.0116 e. The molecule has 0 amide bonds. The topological polar surface area (TPSA) is 0 Å². The highest BCUT2D eigenvalue weighted by Gasteiger charge is 2.11. The molecule has 0 nitrogen and oxygen atoms in total. The van der Waals surface area contributed by atoms with Crippen molar-refractivity contribution < 1.29 is 0 Å². The first-order chi connectivity index (χ1) is 15.9. The molecular weight excluding hydrogens is 428 g/mol. The van der Waals surface area contributed by atoms with Gasteiger partial charge in [-0.25, -0.2) is 0 Å². The summed E-state index contributed by atoms with van der Waals surface area (Å²) >= 11 is 2.05. The minimum Gasteiger partial charge on any atom is -0.157 e. The summed E-state index contributed by atoms with van der Waals surface area (Å²) in [6.07, 6.45) is 16.5. The first-order valence-corrected chi connectivity index (χ1v) is 14.5. The van der Waals surface area contributed by atoms with E-state index in [4.69, 9.17) is 0 Å². The monoisotopic (exact) mass is 486 g/mol. The molecule has 0 saturated heterocycles. The van der Waals surface area contributed by atoms with Gasteiger partial charge in [0.15, 0.2) is 0 Å². The average Bonchev–Trinajstić information content (AvgIpc) is 2.73. The molecule has 0 fully saturated rings. The van der Waals surface area contributed by atoms with Crippen molar-refractivity contribution in [1.82, 2.24) is 0 Å². The lowest BCUT2D eigenvalue weighted by molar-refractivity contribution is 0.492. The molecule has 0 heterocycles. The minimum atomic E-state index is 0.671. The highest BCUT2D eigenvalue weighted by molar-refractivity contribution is 7.99. The van der Waals surface area contributed by atoms with Crippen LogP contribution in [0.25, 0.3) is 0 Å². The van der Waals surface area contributed by atoms with E-state index in [1.807, 2.05) is 0 Å². The fourth-order valence-electron chi connectivity index (χ4n) is 3.30. The fourth-order valence-corrected chi connectivity index (χ4v) is 4.54. The molecule has 34 heavy (non-hydrogen) atoms. The van der Waals surface area contributed by atoms with Crippen LogP contribution in [0.5, 0.6) is 0 Å². The lowest BCUT2D eigenvalue weighted by Crippen LogP contribution is -2.08. The molecule has 0 N–H and O–H groups in total. The Hall–Kier alpha value is -1.21. The van der Waals surface area contributed by atoms with E-state index in [0.717, 1.165) is 30.9 Å². The molecule has 0 aromatic heterocycles. The van der Waals surface area contributed by atoms with E-state index in [2.05, 4.69) is 112 Å². The molecule has 0 aromatic carbocycles. The molecule has 1 heteroatoms. The lowest BCUT2D eigenvalue weighted by Gasteiger charge is -2.18. The Morgan fingerprint density at radius 3 is 1.79 bits per heavy atom. The summed E-state index contributed by atoms with van der Waals surface area (Å²) in [6.45, 7) is 31.8. The van der Waals surface area contributed by atoms with Gasteiger partial charge in [0.05, 0.1) is 0 Å². The second-order valence-corrected chi connectivity index (χ2v) is 11.8. The molecular formula is C33H58S. The van der Waals surface area contributed by atoms with Gasteiger partial charge < -0.3 is 0 Å². The third kappa shape index (κ3) is 25.4. The Labute approximate surface area is 219 Å². The fraction of sp³-hybridized carbons (Fsp3) is 0.636. The van der Waals surface area contributed by atoms with Gasteiger partial charge in [-0.05, 0) is 105 Å². The van der Waals surface area contributed by atoms with Crippen molar-refractivity contribution in [2.75, 3.05) is 11.5 Å². The van der Waals surface area contributed by atoms with Crippen LogP contribution < -0.4 is 0 Å². The second kappa shape index (κ2) is 22.3.